The van der Waals surface area contributed by atoms with Crippen molar-refractivity contribution in [2.24, 2.45) is 12.2 Å². The van der Waals surface area contributed by atoms with E-state index in [1.54, 1.807) is 28.9 Å². The lowest BCUT2D eigenvalue weighted by molar-refractivity contribution is 0.248. The number of nitrogens with zero attached hydrogens (tertiary/aromatic N) is 6. The molecular formula is C21H21N7O3S2. The first-order valence-corrected chi connectivity index (χ1v) is 12.6. The Labute approximate surface area is 194 Å². The Morgan fingerprint density at radius 2 is 1.79 bits per heavy atom. The minimum absolute atomic E-state index is 0.0232. The first kappa shape index (κ1) is 21.5. The Morgan fingerprint density at radius 3 is 2.48 bits per heavy atom. The highest BCUT2D eigenvalue weighted by Crippen LogP contribution is 2.33. The fourth-order valence-corrected chi connectivity index (χ4v) is 5.97. The molecule has 0 bridgehead atoms. The lowest BCUT2D eigenvalue weighted by Gasteiger charge is -2.34. The van der Waals surface area contributed by atoms with Crippen molar-refractivity contribution >= 4 is 49.1 Å². The largest absolute Gasteiger partial charge is 0.330 e. The second-order valence-corrected chi connectivity index (χ2v) is 10.5. The number of rotatable bonds is 4. The number of aromatic nitrogens is 4. The van der Waals surface area contributed by atoms with Crippen LogP contribution in [0.2, 0.25) is 0 Å². The van der Waals surface area contributed by atoms with Crippen LogP contribution in [0.1, 0.15) is 12.1 Å². The van der Waals surface area contributed by atoms with E-state index in [1.807, 2.05) is 37.5 Å². The van der Waals surface area contributed by atoms with Crippen molar-refractivity contribution in [3.63, 3.8) is 0 Å². The van der Waals surface area contributed by atoms with Gasteiger partial charge in [-0.2, -0.15) is 5.10 Å². The van der Waals surface area contributed by atoms with Crippen LogP contribution in [0.25, 0.3) is 22.0 Å². The average molecular weight is 484 g/mol. The number of fused-ring (bicyclic) bond motifs is 1. The molecule has 1 aliphatic rings. The van der Waals surface area contributed by atoms with E-state index in [0.29, 0.717) is 23.9 Å². The van der Waals surface area contributed by atoms with Crippen LogP contribution < -0.4 is 14.9 Å². The highest BCUT2D eigenvalue weighted by Gasteiger charge is 2.31. The van der Waals surface area contributed by atoms with Crippen LogP contribution in [0.4, 0.5) is 15.6 Å². The zero-order valence-corrected chi connectivity index (χ0v) is 19.6. The molecule has 2 N–H and O–H groups in total. The summed E-state index contributed by atoms with van der Waals surface area (Å²) in [5, 5.41) is 10.9. The molecule has 0 aliphatic carbocycles. The number of urea groups is 1. The summed E-state index contributed by atoms with van der Waals surface area (Å²) in [6, 6.07) is 7.46. The third-order valence-corrected chi connectivity index (χ3v) is 8.36. The van der Waals surface area contributed by atoms with Gasteiger partial charge in [0.15, 0.2) is 9.34 Å². The number of benzene rings is 1. The highest BCUT2D eigenvalue weighted by molar-refractivity contribution is 7.91. The van der Waals surface area contributed by atoms with E-state index in [0.717, 1.165) is 45.5 Å². The predicted octanol–water partition coefficient (Wildman–Crippen LogP) is 2.88. The van der Waals surface area contributed by atoms with Crippen LogP contribution in [0.3, 0.4) is 0 Å². The molecule has 170 valence electrons. The number of sulfonamides is 1. The number of primary sulfonamides is 1. The van der Waals surface area contributed by atoms with Crippen LogP contribution in [0.15, 0.2) is 47.1 Å². The van der Waals surface area contributed by atoms with Gasteiger partial charge in [0.05, 0.1) is 23.6 Å². The predicted molar refractivity (Wildman–Crippen MR) is 127 cm³/mol. The van der Waals surface area contributed by atoms with Crippen LogP contribution in [-0.4, -0.2) is 47.3 Å². The summed E-state index contributed by atoms with van der Waals surface area (Å²) in [7, 11) is -2.01. The van der Waals surface area contributed by atoms with Crippen LogP contribution >= 0.6 is 11.3 Å². The van der Waals surface area contributed by atoms with Gasteiger partial charge in [0.1, 0.15) is 0 Å². The van der Waals surface area contributed by atoms with E-state index in [-0.39, 0.29) is 10.2 Å². The summed E-state index contributed by atoms with van der Waals surface area (Å²) >= 11 is 0.916. The molecule has 0 spiro atoms. The Bertz CT molecular complexity index is 1480. The number of aryl methyl sites for hydroxylation is 2. The fourth-order valence-electron chi connectivity index (χ4n) is 4.00. The standard InChI is InChI=1S/C21H21N7O3S2/c1-13-19(33(22,30)31)32-20(25-13)28-9-3-8-27(21(28)29)15-6-4-14(5-7-15)16-10-23-12-18-17(16)11-24-26(18)2/h4-7,10-12H,3,8-9H2,1-2H3,(H2,22,30,31). The number of amides is 2. The summed E-state index contributed by atoms with van der Waals surface area (Å²) in [5.74, 6) is 0. The van der Waals surface area contributed by atoms with Gasteiger partial charge in [0.25, 0.3) is 0 Å². The second kappa shape index (κ2) is 7.90. The van der Waals surface area contributed by atoms with E-state index in [9.17, 15) is 13.2 Å². The number of carbonyl (C=O) groups is 1. The molecule has 0 radical (unpaired) electrons. The molecule has 1 saturated heterocycles. The molecule has 1 fully saturated rings. The summed E-state index contributed by atoms with van der Waals surface area (Å²) in [6.07, 6.45) is 6.12. The van der Waals surface area contributed by atoms with Crippen molar-refractivity contribution in [2.75, 3.05) is 22.9 Å². The molecule has 0 saturated carbocycles. The SMILES string of the molecule is Cc1nc(N2CCCN(c3ccc(-c4cncc5c4cnn5C)cc3)C2=O)sc1S(N)(=O)=O. The monoisotopic (exact) mass is 483 g/mol. The van der Waals surface area contributed by atoms with Crippen molar-refractivity contribution in [1.29, 1.82) is 0 Å². The number of anilines is 2. The normalized spacial score (nSPS) is 14.9. The van der Waals surface area contributed by atoms with Gasteiger partial charge >= 0.3 is 6.03 Å². The van der Waals surface area contributed by atoms with Crippen LogP contribution in [-0.2, 0) is 17.1 Å². The van der Waals surface area contributed by atoms with Gasteiger partial charge < -0.3 is 0 Å². The maximum Gasteiger partial charge on any atom is 0.330 e. The Hall–Kier alpha value is -3.35. The van der Waals surface area contributed by atoms with Crippen molar-refractivity contribution in [3.8, 4) is 11.1 Å². The number of thiazole rings is 1. The Balaban J connectivity index is 1.43. The zero-order chi connectivity index (χ0) is 23.3. The summed E-state index contributed by atoms with van der Waals surface area (Å²) in [4.78, 5) is 25.0. The number of nitrogens with two attached hydrogens (primary N) is 1. The lowest BCUT2D eigenvalue weighted by atomic mass is 10.0. The van der Waals surface area contributed by atoms with Crippen molar-refractivity contribution in [2.45, 2.75) is 17.6 Å². The maximum atomic E-state index is 13.2. The third-order valence-electron chi connectivity index (χ3n) is 5.62. The van der Waals surface area contributed by atoms with E-state index in [4.69, 9.17) is 5.14 Å². The van der Waals surface area contributed by atoms with Gasteiger partial charge in [-0.25, -0.2) is 23.3 Å². The Kier molecular flexibility index (Phi) is 5.15. The molecule has 0 atom stereocenters. The molecule has 0 unspecified atom stereocenters. The topological polar surface area (TPSA) is 127 Å². The summed E-state index contributed by atoms with van der Waals surface area (Å²) in [5.41, 5.74) is 3.92. The smallest absolute Gasteiger partial charge is 0.294 e. The molecule has 10 nitrogen and oxygen atoms in total. The number of hydrogen-bond donors (Lipinski definition) is 1. The Morgan fingerprint density at radius 1 is 1.06 bits per heavy atom. The van der Waals surface area contributed by atoms with E-state index < -0.39 is 10.0 Å². The lowest BCUT2D eigenvalue weighted by Crippen LogP contribution is -2.49. The molecule has 5 rings (SSSR count). The number of pyridine rings is 1. The van der Waals surface area contributed by atoms with Gasteiger partial charge in [-0.3, -0.25) is 19.5 Å². The van der Waals surface area contributed by atoms with Crippen molar-refractivity contribution in [1.82, 2.24) is 19.7 Å². The quantitative estimate of drug-likeness (QED) is 0.475. The third kappa shape index (κ3) is 3.75. The molecule has 4 aromatic rings. The molecular weight excluding hydrogens is 462 g/mol. The van der Waals surface area contributed by atoms with Crippen LogP contribution in [0.5, 0.6) is 0 Å². The minimum Gasteiger partial charge on any atom is -0.294 e. The second-order valence-electron chi connectivity index (χ2n) is 7.79. The van der Waals surface area contributed by atoms with Crippen LogP contribution in [0, 0.1) is 6.92 Å². The van der Waals surface area contributed by atoms with Crippen molar-refractivity contribution < 1.29 is 13.2 Å². The first-order chi connectivity index (χ1) is 15.7. The van der Waals surface area contributed by atoms with Gasteiger partial charge in [-0.05, 0) is 31.0 Å². The first-order valence-electron chi connectivity index (χ1n) is 10.2. The minimum atomic E-state index is -3.89. The zero-order valence-electron chi connectivity index (χ0n) is 18.0. The van der Waals surface area contributed by atoms with E-state index in [2.05, 4.69) is 15.1 Å². The molecule has 3 aromatic heterocycles. The van der Waals surface area contributed by atoms with Gasteiger partial charge in [0, 0.05) is 43.0 Å². The fraction of sp³-hybridized carbons (Fsp3) is 0.238. The number of hydrogen-bond acceptors (Lipinski definition) is 7. The van der Waals surface area contributed by atoms with E-state index in [1.165, 1.54) is 4.90 Å². The maximum absolute atomic E-state index is 13.2. The molecule has 2 amide bonds. The molecule has 12 heteroatoms. The van der Waals surface area contributed by atoms with Gasteiger partial charge in [-0.15, -0.1) is 0 Å². The molecule has 1 aliphatic heterocycles. The van der Waals surface area contributed by atoms with Gasteiger partial charge in [-0.1, -0.05) is 23.5 Å². The summed E-state index contributed by atoms with van der Waals surface area (Å²) < 4.78 is 25.3. The molecule has 1 aromatic carbocycles. The van der Waals surface area contributed by atoms with Gasteiger partial charge in [0.2, 0.25) is 10.0 Å². The number of carbonyl (C=O) groups excluding carboxylic acids is 1. The van der Waals surface area contributed by atoms with Crippen molar-refractivity contribution in [3.05, 3.63) is 48.5 Å². The molecule has 33 heavy (non-hydrogen) atoms. The highest BCUT2D eigenvalue weighted by atomic mass is 32.2. The average Bonchev–Trinajstić information content (AvgIpc) is 3.37. The summed E-state index contributed by atoms with van der Waals surface area (Å²) in [6.45, 7) is 2.59. The van der Waals surface area contributed by atoms with E-state index >= 15 is 0 Å². The molecule has 4 heterocycles.